The van der Waals surface area contributed by atoms with Gasteiger partial charge in [0.25, 0.3) is 5.92 Å². The lowest BCUT2D eigenvalue weighted by Gasteiger charge is -2.32. The van der Waals surface area contributed by atoms with Gasteiger partial charge in [-0.05, 0) is 6.07 Å². The van der Waals surface area contributed by atoms with Crippen molar-refractivity contribution in [2.75, 3.05) is 50.8 Å². The van der Waals surface area contributed by atoms with E-state index in [-0.39, 0.29) is 19.4 Å². The molecule has 1 aromatic carbocycles. The molecule has 0 bridgehead atoms. The average Bonchev–Trinajstić information content (AvgIpc) is 2.63. The predicted octanol–water partition coefficient (Wildman–Crippen LogP) is 2.71. The lowest BCUT2D eigenvalue weighted by atomic mass is 10.1. The molecule has 0 saturated carbocycles. The fraction of sp³-hybridized carbons (Fsp3) is 0.684. The molecule has 1 atom stereocenters. The zero-order valence-electron chi connectivity index (χ0n) is 15.1. The van der Waals surface area contributed by atoms with Crippen molar-refractivity contribution in [3.05, 3.63) is 29.8 Å². The van der Waals surface area contributed by atoms with Crippen molar-refractivity contribution >= 4 is 11.8 Å². The SMILES string of the molecule is OC(COc1ccccc1CN1CCC(F)(F)CC1)CN1CCSCC1. The molecule has 7 heteroatoms. The summed E-state index contributed by atoms with van der Waals surface area (Å²) in [4.78, 5) is 4.31. The number of thioether (sulfide) groups is 1. The van der Waals surface area contributed by atoms with Gasteiger partial charge in [0.15, 0.2) is 0 Å². The molecule has 26 heavy (non-hydrogen) atoms. The van der Waals surface area contributed by atoms with Crippen LogP contribution in [0.5, 0.6) is 5.75 Å². The molecule has 0 amide bonds. The van der Waals surface area contributed by atoms with Crippen molar-refractivity contribution in [3.8, 4) is 5.75 Å². The Morgan fingerprint density at radius 3 is 2.50 bits per heavy atom. The van der Waals surface area contributed by atoms with Gasteiger partial charge in [0.05, 0.1) is 0 Å². The first-order valence-corrected chi connectivity index (χ1v) is 10.5. The third-order valence-corrected chi connectivity index (χ3v) is 5.90. The van der Waals surface area contributed by atoms with E-state index in [1.807, 2.05) is 40.9 Å². The van der Waals surface area contributed by atoms with E-state index in [4.69, 9.17) is 4.74 Å². The number of benzene rings is 1. The number of likely N-dealkylation sites (tertiary alicyclic amines) is 1. The quantitative estimate of drug-likeness (QED) is 0.780. The molecule has 1 N–H and O–H groups in total. The van der Waals surface area contributed by atoms with Gasteiger partial charge in [0.1, 0.15) is 18.5 Å². The Hall–Kier alpha value is -0.890. The number of aliphatic hydroxyl groups is 1. The van der Waals surface area contributed by atoms with E-state index < -0.39 is 12.0 Å². The molecular formula is C19H28F2N2O2S. The number of para-hydroxylation sites is 1. The largest absolute Gasteiger partial charge is 0.491 e. The third kappa shape index (κ3) is 6.08. The topological polar surface area (TPSA) is 35.9 Å². The van der Waals surface area contributed by atoms with E-state index >= 15 is 0 Å². The number of alkyl halides is 2. The number of rotatable bonds is 7. The summed E-state index contributed by atoms with van der Waals surface area (Å²) >= 11 is 1.95. The van der Waals surface area contributed by atoms with Crippen LogP contribution in [0.3, 0.4) is 0 Å². The molecule has 146 valence electrons. The van der Waals surface area contributed by atoms with Crippen LogP contribution in [0.25, 0.3) is 0 Å². The molecular weight excluding hydrogens is 358 g/mol. The standard InChI is InChI=1S/C19H28F2N2O2S/c20-19(21)5-7-22(8-6-19)13-16-3-1-2-4-18(16)25-15-17(24)14-23-9-11-26-12-10-23/h1-4,17,24H,5-15H2. The maximum Gasteiger partial charge on any atom is 0.250 e. The van der Waals surface area contributed by atoms with E-state index in [1.54, 1.807) is 0 Å². The van der Waals surface area contributed by atoms with Crippen LogP contribution in [0.2, 0.25) is 0 Å². The number of β-amino-alcohol motifs (C(OH)–C–C–N with tert-alkyl or cyclic N) is 1. The number of hydrogen-bond acceptors (Lipinski definition) is 5. The summed E-state index contributed by atoms with van der Waals surface area (Å²) < 4.78 is 32.5. The molecule has 2 saturated heterocycles. The highest BCUT2D eigenvalue weighted by Gasteiger charge is 2.34. The first-order valence-electron chi connectivity index (χ1n) is 9.31. The molecule has 2 fully saturated rings. The Balaban J connectivity index is 1.49. The number of halogens is 2. The average molecular weight is 387 g/mol. The number of piperidine rings is 1. The Bertz CT molecular complexity index is 560. The second kappa shape index (κ2) is 9.35. The Morgan fingerprint density at radius 1 is 1.08 bits per heavy atom. The van der Waals surface area contributed by atoms with Gasteiger partial charge >= 0.3 is 0 Å². The molecule has 0 aliphatic carbocycles. The minimum atomic E-state index is -2.52. The fourth-order valence-corrected chi connectivity index (χ4v) is 4.35. The molecule has 0 aromatic heterocycles. The molecule has 0 spiro atoms. The predicted molar refractivity (Wildman–Crippen MR) is 101 cm³/mol. The normalized spacial score (nSPS) is 22.9. The van der Waals surface area contributed by atoms with Gasteiger partial charge in [-0.1, -0.05) is 18.2 Å². The molecule has 2 aliphatic rings. The number of ether oxygens (including phenoxy) is 1. The summed E-state index contributed by atoms with van der Waals surface area (Å²) in [7, 11) is 0. The van der Waals surface area contributed by atoms with Crippen LogP contribution < -0.4 is 4.74 Å². The highest BCUT2D eigenvalue weighted by Crippen LogP contribution is 2.29. The van der Waals surface area contributed by atoms with E-state index in [2.05, 4.69) is 4.90 Å². The minimum absolute atomic E-state index is 0.0805. The van der Waals surface area contributed by atoms with Crippen LogP contribution in [-0.4, -0.2) is 77.8 Å². The van der Waals surface area contributed by atoms with Gasteiger partial charge in [-0.25, -0.2) is 8.78 Å². The summed E-state index contributed by atoms with van der Waals surface area (Å²) in [6, 6.07) is 7.69. The lowest BCUT2D eigenvalue weighted by Crippen LogP contribution is -2.40. The van der Waals surface area contributed by atoms with Crippen molar-refractivity contribution in [3.63, 3.8) is 0 Å². The van der Waals surface area contributed by atoms with Crippen molar-refractivity contribution in [2.24, 2.45) is 0 Å². The van der Waals surface area contributed by atoms with Crippen molar-refractivity contribution in [1.82, 2.24) is 9.80 Å². The number of aliphatic hydroxyl groups excluding tert-OH is 1. The first-order chi connectivity index (χ1) is 12.5. The molecule has 0 radical (unpaired) electrons. The maximum atomic E-state index is 13.3. The molecule has 2 heterocycles. The van der Waals surface area contributed by atoms with Crippen LogP contribution >= 0.6 is 11.8 Å². The zero-order valence-corrected chi connectivity index (χ0v) is 15.9. The zero-order chi connectivity index (χ0) is 18.4. The summed E-state index contributed by atoms with van der Waals surface area (Å²) in [6.07, 6.45) is -0.689. The summed E-state index contributed by atoms with van der Waals surface area (Å²) in [5.41, 5.74) is 0.985. The maximum absolute atomic E-state index is 13.3. The summed E-state index contributed by atoms with van der Waals surface area (Å²) in [5.74, 6) is 0.443. The smallest absolute Gasteiger partial charge is 0.250 e. The van der Waals surface area contributed by atoms with E-state index in [9.17, 15) is 13.9 Å². The highest BCUT2D eigenvalue weighted by atomic mass is 32.2. The van der Waals surface area contributed by atoms with Crippen LogP contribution in [0.1, 0.15) is 18.4 Å². The second-order valence-electron chi connectivity index (χ2n) is 7.12. The van der Waals surface area contributed by atoms with Crippen LogP contribution in [0, 0.1) is 0 Å². The third-order valence-electron chi connectivity index (χ3n) is 4.96. The van der Waals surface area contributed by atoms with Crippen molar-refractivity contribution in [1.29, 1.82) is 0 Å². The van der Waals surface area contributed by atoms with Crippen LogP contribution in [-0.2, 0) is 6.54 Å². The summed E-state index contributed by atoms with van der Waals surface area (Å²) in [5, 5.41) is 10.3. The monoisotopic (exact) mass is 386 g/mol. The van der Waals surface area contributed by atoms with Gasteiger partial charge < -0.3 is 9.84 Å². The minimum Gasteiger partial charge on any atom is -0.491 e. The van der Waals surface area contributed by atoms with Crippen LogP contribution in [0.15, 0.2) is 24.3 Å². The lowest BCUT2D eigenvalue weighted by molar-refractivity contribution is -0.0567. The van der Waals surface area contributed by atoms with Gasteiger partial charge in [-0.2, -0.15) is 11.8 Å². The molecule has 4 nitrogen and oxygen atoms in total. The molecule has 1 unspecified atom stereocenters. The molecule has 3 rings (SSSR count). The Kier molecular flexibility index (Phi) is 7.14. The van der Waals surface area contributed by atoms with Gasteiger partial charge in [0.2, 0.25) is 0 Å². The van der Waals surface area contributed by atoms with Crippen molar-refractivity contribution in [2.45, 2.75) is 31.4 Å². The molecule has 2 aliphatic heterocycles. The summed E-state index contributed by atoms with van der Waals surface area (Å²) in [6.45, 7) is 4.30. The van der Waals surface area contributed by atoms with Crippen LogP contribution in [0.4, 0.5) is 8.78 Å². The van der Waals surface area contributed by atoms with Gasteiger partial charge in [-0.15, -0.1) is 0 Å². The second-order valence-corrected chi connectivity index (χ2v) is 8.34. The van der Waals surface area contributed by atoms with E-state index in [0.29, 0.717) is 26.2 Å². The Morgan fingerprint density at radius 2 is 1.77 bits per heavy atom. The number of nitrogens with zero attached hydrogens (tertiary/aromatic N) is 2. The van der Waals surface area contributed by atoms with E-state index in [0.717, 1.165) is 35.9 Å². The Labute approximate surface area is 158 Å². The fourth-order valence-electron chi connectivity index (χ4n) is 3.37. The molecule has 1 aromatic rings. The van der Waals surface area contributed by atoms with Gasteiger partial charge in [0, 0.05) is 69.2 Å². The first kappa shape index (κ1) is 19.9. The highest BCUT2D eigenvalue weighted by molar-refractivity contribution is 7.99. The van der Waals surface area contributed by atoms with Gasteiger partial charge in [-0.3, -0.25) is 9.80 Å². The number of hydrogen-bond donors (Lipinski definition) is 1. The van der Waals surface area contributed by atoms with E-state index in [1.165, 1.54) is 0 Å². The van der Waals surface area contributed by atoms with Crippen molar-refractivity contribution < 1.29 is 18.6 Å².